The van der Waals surface area contributed by atoms with Crippen LogP contribution in [0.25, 0.3) is 0 Å². The Hall–Kier alpha value is -1.36. The lowest BCUT2D eigenvalue weighted by molar-refractivity contribution is 0.284. The van der Waals surface area contributed by atoms with Crippen molar-refractivity contribution in [3.63, 3.8) is 0 Å². The van der Waals surface area contributed by atoms with Crippen LogP contribution in [-0.4, -0.2) is 55.6 Å². The minimum absolute atomic E-state index is 0.713. The maximum atomic E-state index is 4.56. The summed E-state index contributed by atoms with van der Waals surface area (Å²) in [6.07, 6.45) is 2.49. The molecular weight excluding hydrogens is 238 g/mol. The smallest absolute Gasteiger partial charge is 0.224 e. The van der Waals surface area contributed by atoms with Crippen LogP contribution in [0.2, 0.25) is 0 Å². The number of aryl methyl sites for hydroxylation is 1. The maximum absolute atomic E-state index is 4.56. The van der Waals surface area contributed by atoms with Gasteiger partial charge < -0.3 is 15.1 Å². The van der Waals surface area contributed by atoms with Crippen molar-refractivity contribution in [2.75, 3.05) is 51.0 Å². The number of hydrogen-bond acceptors (Lipinski definition) is 5. The Morgan fingerprint density at radius 1 is 1.32 bits per heavy atom. The van der Waals surface area contributed by atoms with Gasteiger partial charge in [-0.1, -0.05) is 0 Å². The average molecular weight is 263 g/mol. The van der Waals surface area contributed by atoms with E-state index in [2.05, 4.69) is 45.2 Å². The molecule has 1 fully saturated rings. The molecule has 19 heavy (non-hydrogen) atoms. The Morgan fingerprint density at radius 2 is 2.00 bits per heavy atom. The summed E-state index contributed by atoms with van der Waals surface area (Å²) < 4.78 is 0. The molecule has 0 unspecified atom stereocenters. The SMILES string of the molecule is CNc1nc(C)cc(N2CCC(CN(C)C)CC2)n1. The minimum atomic E-state index is 0.713. The van der Waals surface area contributed by atoms with Crippen LogP contribution in [0.4, 0.5) is 11.8 Å². The van der Waals surface area contributed by atoms with Crippen molar-refractivity contribution in [1.29, 1.82) is 0 Å². The van der Waals surface area contributed by atoms with Crippen LogP contribution in [0.3, 0.4) is 0 Å². The van der Waals surface area contributed by atoms with Crippen LogP contribution >= 0.6 is 0 Å². The minimum Gasteiger partial charge on any atom is -0.357 e. The highest BCUT2D eigenvalue weighted by molar-refractivity contribution is 5.44. The zero-order chi connectivity index (χ0) is 13.8. The molecule has 0 atom stereocenters. The van der Waals surface area contributed by atoms with Gasteiger partial charge in [0, 0.05) is 38.4 Å². The van der Waals surface area contributed by atoms with Gasteiger partial charge in [-0.05, 0) is 39.8 Å². The summed E-state index contributed by atoms with van der Waals surface area (Å²) in [5.74, 6) is 2.59. The quantitative estimate of drug-likeness (QED) is 0.894. The molecule has 0 radical (unpaired) electrons. The summed E-state index contributed by atoms with van der Waals surface area (Å²) in [5.41, 5.74) is 1.02. The highest BCUT2D eigenvalue weighted by Gasteiger charge is 2.21. The number of aromatic nitrogens is 2. The van der Waals surface area contributed by atoms with Gasteiger partial charge in [0.1, 0.15) is 5.82 Å². The molecule has 1 N–H and O–H groups in total. The second-order valence-electron chi connectivity index (χ2n) is 5.63. The van der Waals surface area contributed by atoms with Crippen molar-refractivity contribution in [3.05, 3.63) is 11.8 Å². The van der Waals surface area contributed by atoms with Gasteiger partial charge in [-0.2, -0.15) is 4.98 Å². The van der Waals surface area contributed by atoms with E-state index in [4.69, 9.17) is 0 Å². The summed E-state index contributed by atoms with van der Waals surface area (Å²) in [6.45, 7) is 5.40. The van der Waals surface area contributed by atoms with Gasteiger partial charge in [0.25, 0.3) is 0 Å². The molecule has 1 aliphatic heterocycles. The topological polar surface area (TPSA) is 44.3 Å². The fraction of sp³-hybridized carbons (Fsp3) is 0.714. The summed E-state index contributed by atoms with van der Waals surface area (Å²) >= 11 is 0. The van der Waals surface area contributed by atoms with Gasteiger partial charge >= 0.3 is 0 Å². The summed E-state index contributed by atoms with van der Waals surface area (Å²) in [4.78, 5) is 13.6. The first-order chi connectivity index (χ1) is 9.08. The second-order valence-corrected chi connectivity index (χ2v) is 5.63. The Morgan fingerprint density at radius 3 is 2.58 bits per heavy atom. The fourth-order valence-corrected chi connectivity index (χ4v) is 2.69. The van der Waals surface area contributed by atoms with E-state index in [1.165, 1.54) is 19.4 Å². The third-order valence-corrected chi connectivity index (χ3v) is 3.63. The standard InChI is InChI=1S/C14H25N5/c1-11-9-13(17-14(15-2)16-11)19-7-5-12(6-8-19)10-18(3)4/h9,12H,5-8,10H2,1-4H3,(H,15,16,17). The van der Waals surface area contributed by atoms with Crippen LogP contribution in [0.1, 0.15) is 18.5 Å². The van der Waals surface area contributed by atoms with Crippen molar-refractivity contribution in [2.24, 2.45) is 5.92 Å². The summed E-state index contributed by atoms with van der Waals surface area (Å²) in [5, 5.41) is 3.03. The van der Waals surface area contributed by atoms with Gasteiger partial charge in [0.15, 0.2) is 0 Å². The van der Waals surface area contributed by atoms with E-state index in [1.54, 1.807) is 0 Å². The predicted octanol–water partition coefficient (Wildman–Crippen LogP) is 1.60. The molecule has 1 aromatic heterocycles. The zero-order valence-corrected chi connectivity index (χ0v) is 12.5. The third-order valence-electron chi connectivity index (χ3n) is 3.63. The molecule has 5 nitrogen and oxygen atoms in total. The Bertz CT molecular complexity index is 410. The molecule has 0 bridgehead atoms. The Labute approximate surface area is 116 Å². The van der Waals surface area contributed by atoms with E-state index < -0.39 is 0 Å². The van der Waals surface area contributed by atoms with Crippen LogP contribution in [0, 0.1) is 12.8 Å². The molecule has 0 spiro atoms. The van der Waals surface area contributed by atoms with Crippen molar-refractivity contribution < 1.29 is 0 Å². The van der Waals surface area contributed by atoms with Crippen LogP contribution in [0.15, 0.2) is 6.07 Å². The molecule has 1 aliphatic rings. The van der Waals surface area contributed by atoms with E-state index >= 15 is 0 Å². The normalized spacial score (nSPS) is 17.0. The van der Waals surface area contributed by atoms with Gasteiger partial charge in [-0.15, -0.1) is 0 Å². The van der Waals surface area contributed by atoms with Crippen LogP contribution < -0.4 is 10.2 Å². The largest absolute Gasteiger partial charge is 0.357 e. The fourth-order valence-electron chi connectivity index (χ4n) is 2.69. The highest BCUT2D eigenvalue weighted by Crippen LogP contribution is 2.23. The second kappa shape index (κ2) is 6.19. The number of rotatable bonds is 4. The summed E-state index contributed by atoms with van der Waals surface area (Å²) in [7, 11) is 6.17. The predicted molar refractivity (Wildman–Crippen MR) is 79.8 cm³/mol. The maximum Gasteiger partial charge on any atom is 0.224 e. The number of anilines is 2. The first-order valence-electron chi connectivity index (χ1n) is 7.01. The zero-order valence-electron chi connectivity index (χ0n) is 12.5. The first kappa shape index (κ1) is 14.1. The van der Waals surface area contributed by atoms with Crippen molar-refractivity contribution in [2.45, 2.75) is 19.8 Å². The molecule has 2 rings (SSSR count). The molecule has 5 heteroatoms. The highest BCUT2D eigenvalue weighted by atomic mass is 15.2. The van der Waals surface area contributed by atoms with E-state index in [-0.39, 0.29) is 0 Å². The molecule has 0 amide bonds. The Kier molecular flexibility index (Phi) is 4.58. The van der Waals surface area contributed by atoms with Crippen molar-refractivity contribution >= 4 is 11.8 Å². The lowest BCUT2D eigenvalue weighted by Crippen LogP contribution is -2.37. The van der Waals surface area contributed by atoms with Gasteiger partial charge in [-0.3, -0.25) is 0 Å². The molecule has 1 aromatic rings. The lowest BCUT2D eigenvalue weighted by Gasteiger charge is -2.34. The first-order valence-corrected chi connectivity index (χ1v) is 7.01. The molecule has 0 aliphatic carbocycles. The van der Waals surface area contributed by atoms with Crippen LogP contribution in [-0.2, 0) is 0 Å². The number of nitrogens with one attached hydrogen (secondary N) is 1. The lowest BCUT2D eigenvalue weighted by atomic mass is 9.96. The summed E-state index contributed by atoms with van der Waals surface area (Å²) in [6, 6.07) is 2.08. The molecule has 0 saturated carbocycles. The monoisotopic (exact) mass is 263 g/mol. The number of hydrogen-bond donors (Lipinski definition) is 1. The molecule has 1 saturated heterocycles. The Balaban J connectivity index is 1.99. The molecule has 2 heterocycles. The van der Waals surface area contributed by atoms with Gasteiger partial charge in [-0.25, -0.2) is 4.98 Å². The number of nitrogens with zero attached hydrogens (tertiary/aromatic N) is 4. The van der Waals surface area contributed by atoms with E-state index in [0.717, 1.165) is 30.5 Å². The molecular formula is C14H25N5. The van der Waals surface area contributed by atoms with E-state index in [9.17, 15) is 0 Å². The van der Waals surface area contributed by atoms with E-state index in [1.807, 2.05) is 14.0 Å². The molecule has 0 aromatic carbocycles. The third kappa shape index (κ3) is 3.80. The van der Waals surface area contributed by atoms with Crippen molar-refractivity contribution in [3.8, 4) is 0 Å². The van der Waals surface area contributed by atoms with Crippen LogP contribution in [0.5, 0.6) is 0 Å². The van der Waals surface area contributed by atoms with Gasteiger partial charge in [0.2, 0.25) is 5.95 Å². The molecule has 106 valence electrons. The number of piperidine rings is 1. The van der Waals surface area contributed by atoms with Crippen molar-refractivity contribution in [1.82, 2.24) is 14.9 Å². The van der Waals surface area contributed by atoms with E-state index in [0.29, 0.717) is 5.95 Å². The average Bonchev–Trinajstić information content (AvgIpc) is 2.38. The van der Waals surface area contributed by atoms with Gasteiger partial charge in [0.05, 0.1) is 0 Å².